The average molecular weight is 492 g/mol. The topological polar surface area (TPSA) is 87.7 Å². The second kappa shape index (κ2) is 11.2. The van der Waals surface area contributed by atoms with E-state index >= 15 is 0 Å². The van der Waals surface area contributed by atoms with Gasteiger partial charge >= 0.3 is 5.97 Å². The van der Waals surface area contributed by atoms with Crippen molar-refractivity contribution in [1.82, 2.24) is 10.2 Å². The van der Waals surface area contributed by atoms with Crippen LogP contribution in [0.25, 0.3) is 0 Å². The predicted octanol–water partition coefficient (Wildman–Crippen LogP) is 3.94. The lowest BCUT2D eigenvalue weighted by molar-refractivity contribution is -0.113. The van der Waals surface area contributed by atoms with Gasteiger partial charge in [-0.3, -0.25) is 4.79 Å². The van der Waals surface area contributed by atoms with E-state index in [9.17, 15) is 9.59 Å². The number of methoxy groups -OCH3 is 1. The molecular formula is C26H29N5O3S. The molecule has 1 fully saturated rings. The number of benzene rings is 2. The van der Waals surface area contributed by atoms with Gasteiger partial charge < -0.3 is 19.9 Å². The SMILES string of the molecule is COC(=O)c1ccc(NC(=O)CSc2ccc(N3CCN(c4cc(C)ccc4C)CC3)nn2)cc1. The molecule has 35 heavy (non-hydrogen) atoms. The summed E-state index contributed by atoms with van der Waals surface area (Å²) < 4.78 is 4.68. The number of aromatic nitrogens is 2. The number of esters is 1. The van der Waals surface area contributed by atoms with Crippen molar-refractivity contribution < 1.29 is 14.3 Å². The van der Waals surface area contributed by atoms with Gasteiger partial charge in [-0.05, 0) is 67.4 Å². The van der Waals surface area contributed by atoms with Crippen LogP contribution in [0.5, 0.6) is 0 Å². The normalized spacial score (nSPS) is 13.5. The molecular weight excluding hydrogens is 462 g/mol. The minimum absolute atomic E-state index is 0.158. The molecule has 1 aliphatic heterocycles. The van der Waals surface area contributed by atoms with Gasteiger partial charge in [-0.25, -0.2) is 4.79 Å². The first-order valence-electron chi connectivity index (χ1n) is 11.4. The minimum atomic E-state index is -0.413. The highest BCUT2D eigenvalue weighted by Gasteiger charge is 2.20. The molecule has 1 aromatic heterocycles. The van der Waals surface area contributed by atoms with E-state index in [1.165, 1.54) is 35.7 Å². The predicted molar refractivity (Wildman–Crippen MR) is 140 cm³/mol. The van der Waals surface area contributed by atoms with Gasteiger partial charge in [-0.2, -0.15) is 0 Å². The first-order chi connectivity index (χ1) is 16.9. The van der Waals surface area contributed by atoms with Gasteiger partial charge in [0.25, 0.3) is 0 Å². The summed E-state index contributed by atoms with van der Waals surface area (Å²) in [5, 5.41) is 12.2. The van der Waals surface area contributed by atoms with Crippen LogP contribution in [-0.4, -0.2) is 61.1 Å². The van der Waals surface area contributed by atoms with Crippen LogP contribution in [0.3, 0.4) is 0 Å². The summed E-state index contributed by atoms with van der Waals surface area (Å²) in [5.74, 6) is 0.490. The van der Waals surface area contributed by atoms with Crippen molar-refractivity contribution in [3.8, 4) is 0 Å². The Morgan fingerprint density at radius 3 is 2.31 bits per heavy atom. The zero-order chi connectivity index (χ0) is 24.8. The Balaban J connectivity index is 1.25. The number of ether oxygens (including phenoxy) is 1. The number of piperazine rings is 1. The van der Waals surface area contributed by atoms with Gasteiger partial charge in [0, 0.05) is 37.6 Å². The summed E-state index contributed by atoms with van der Waals surface area (Å²) in [4.78, 5) is 28.5. The Morgan fingerprint density at radius 2 is 1.66 bits per heavy atom. The third-order valence-electron chi connectivity index (χ3n) is 5.88. The van der Waals surface area contributed by atoms with Gasteiger partial charge in [-0.1, -0.05) is 23.9 Å². The quantitative estimate of drug-likeness (QED) is 0.393. The number of aryl methyl sites for hydroxylation is 2. The molecule has 0 bridgehead atoms. The minimum Gasteiger partial charge on any atom is -0.465 e. The lowest BCUT2D eigenvalue weighted by atomic mass is 10.1. The third kappa shape index (κ3) is 6.30. The zero-order valence-electron chi connectivity index (χ0n) is 20.2. The number of anilines is 3. The number of amides is 1. The standard InChI is InChI=1S/C26H29N5O3S/c1-18-4-5-19(2)22(16-18)30-12-14-31(15-13-30)23-10-11-25(29-28-23)35-17-24(32)27-21-8-6-20(7-9-21)26(33)34-3/h4-11,16H,12-15,17H2,1-3H3,(H,27,32). The Kier molecular flexibility index (Phi) is 7.87. The fraction of sp³-hybridized carbons (Fsp3) is 0.308. The Bertz CT molecular complexity index is 1180. The number of nitrogens with zero attached hydrogens (tertiary/aromatic N) is 4. The Morgan fingerprint density at radius 1 is 0.943 bits per heavy atom. The van der Waals surface area contributed by atoms with Crippen LogP contribution in [0.2, 0.25) is 0 Å². The summed E-state index contributed by atoms with van der Waals surface area (Å²) in [5.41, 5.74) is 4.93. The average Bonchev–Trinajstić information content (AvgIpc) is 2.89. The molecule has 1 aliphatic rings. The smallest absolute Gasteiger partial charge is 0.337 e. The fourth-order valence-corrected chi connectivity index (χ4v) is 4.55. The number of rotatable bonds is 7. The summed E-state index contributed by atoms with van der Waals surface area (Å²) >= 11 is 1.33. The van der Waals surface area contributed by atoms with E-state index in [0.717, 1.165) is 32.0 Å². The van der Waals surface area contributed by atoms with Crippen molar-refractivity contribution in [2.75, 3.05) is 54.2 Å². The maximum absolute atomic E-state index is 12.3. The monoisotopic (exact) mass is 491 g/mol. The van der Waals surface area contributed by atoms with E-state index in [1.54, 1.807) is 24.3 Å². The third-order valence-corrected chi connectivity index (χ3v) is 6.80. The van der Waals surface area contributed by atoms with Crippen molar-refractivity contribution in [1.29, 1.82) is 0 Å². The molecule has 0 aliphatic carbocycles. The summed E-state index contributed by atoms with van der Waals surface area (Å²) in [6, 6.07) is 17.0. The molecule has 0 saturated carbocycles. The lowest BCUT2D eigenvalue weighted by Gasteiger charge is -2.37. The number of hydrogen-bond donors (Lipinski definition) is 1. The molecule has 1 amide bonds. The maximum atomic E-state index is 12.3. The Hall–Kier alpha value is -3.59. The summed E-state index contributed by atoms with van der Waals surface area (Å²) in [6.45, 7) is 7.91. The fourth-order valence-electron chi connectivity index (χ4n) is 3.94. The molecule has 0 spiro atoms. The van der Waals surface area contributed by atoms with Crippen molar-refractivity contribution in [3.63, 3.8) is 0 Å². The van der Waals surface area contributed by atoms with Gasteiger partial charge in [0.15, 0.2) is 5.82 Å². The molecule has 0 unspecified atom stereocenters. The van der Waals surface area contributed by atoms with E-state index in [4.69, 9.17) is 0 Å². The van der Waals surface area contributed by atoms with Crippen molar-refractivity contribution in [2.45, 2.75) is 18.9 Å². The van der Waals surface area contributed by atoms with Crippen LogP contribution < -0.4 is 15.1 Å². The molecule has 0 radical (unpaired) electrons. The molecule has 182 valence electrons. The molecule has 4 rings (SSSR count). The van der Waals surface area contributed by atoms with Crippen molar-refractivity contribution in [3.05, 3.63) is 71.3 Å². The van der Waals surface area contributed by atoms with Gasteiger partial charge in [0.2, 0.25) is 5.91 Å². The first-order valence-corrected chi connectivity index (χ1v) is 12.4. The van der Waals surface area contributed by atoms with E-state index in [-0.39, 0.29) is 11.7 Å². The number of carbonyl (C=O) groups is 2. The van der Waals surface area contributed by atoms with Crippen LogP contribution in [0, 0.1) is 13.8 Å². The summed E-state index contributed by atoms with van der Waals surface area (Å²) in [7, 11) is 1.33. The molecule has 3 aromatic rings. The van der Waals surface area contributed by atoms with E-state index in [1.807, 2.05) is 12.1 Å². The van der Waals surface area contributed by atoms with Crippen LogP contribution in [0.15, 0.2) is 59.6 Å². The molecule has 1 N–H and O–H groups in total. The second-order valence-corrected chi connectivity index (χ2v) is 9.40. The van der Waals surface area contributed by atoms with Gasteiger partial charge in [-0.15, -0.1) is 10.2 Å². The van der Waals surface area contributed by atoms with Gasteiger partial charge in [0.1, 0.15) is 5.03 Å². The Labute approximate surface area is 209 Å². The van der Waals surface area contributed by atoms with Crippen molar-refractivity contribution >= 4 is 40.8 Å². The van der Waals surface area contributed by atoms with E-state index in [2.05, 4.69) is 62.1 Å². The largest absolute Gasteiger partial charge is 0.465 e. The number of thioether (sulfide) groups is 1. The molecule has 2 heterocycles. The highest BCUT2D eigenvalue weighted by molar-refractivity contribution is 7.99. The molecule has 0 atom stereocenters. The lowest BCUT2D eigenvalue weighted by Crippen LogP contribution is -2.47. The first kappa shape index (κ1) is 24.5. The molecule has 1 saturated heterocycles. The molecule has 9 heteroatoms. The van der Waals surface area contributed by atoms with Gasteiger partial charge in [0.05, 0.1) is 18.4 Å². The van der Waals surface area contributed by atoms with Crippen LogP contribution >= 0.6 is 11.8 Å². The number of hydrogen-bond acceptors (Lipinski definition) is 8. The highest BCUT2D eigenvalue weighted by Crippen LogP contribution is 2.24. The number of nitrogens with one attached hydrogen (secondary N) is 1. The van der Waals surface area contributed by atoms with E-state index in [0.29, 0.717) is 16.3 Å². The second-order valence-electron chi connectivity index (χ2n) is 8.40. The van der Waals surface area contributed by atoms with Crippen LogP contribution in [-0.2, 0) is 9.53 Å². The zero-order valence-corrected chi connectivity index (χ0v) is 21.0. The maximum Gasteiger partial charge on any atom is 0.337 e. The van der Waals surface area contributed by atoms with E-state index < -0.39 is 5.97 Å². The molecule has 2 aromatic carbocycles. The van der Waals surface area contributed by atoms with Crippen LogP contribution in [0.4, 0.5) is 17.2 Å². The van der Waals surface area contributed by atoms with Crippen LogP contribution in [0.1, 0.15) is 21.5 Å². The van der Waals surface area contributed by atoms with Crippen molar-refractivity contribution in [2.24, 2.45) is 0 Å². The summed E-state index contributed by atoms with van der Waals surface area (Å²) in [6.07, 6.45) is 0. The number of carbonyl (C=O) groups excluding carboxylic acids is 2. The highest BCUT2D eigenvalue weighted by atomic mass is 32.2. The molecule has 8 nitrogen and oxygen atoms in total.